The highest BCUT2D eigenvalue weighted by atomic mass is 19.2. The second-order valence-corrected chi connectivity index (χ2v) is 7.47. The van der Waals surface area contributed by atoms with Gasteiger partial charge >= 0.3 is 0 Å². The third kappa shape index (κ3) is 4.90. The van der Waals surface area contributed by atoms with Gasteiger partial charge in [0, 0.05) is 23.7 Å². The molecule has 1 aromatic heterocycles. The van der Waals surface area contributed by atoms with E-state index in [-0.39, 0.29) is 17.4 Å². The van der Waals surface area contributed by atoms with Crippen LogP contribution in [0, 0.1) is 28.9 Å². The summed E-state index contributed by atoms with van der Waals surface area (Å²) in [5.41, 5.74) is 1.70. The van der Waals surface area contributed by atoms with Crippen LogP contribution < -0.4 is 15.4 Å². The lowest BCUT2D eigenvalue weighted by atomic mass is 9.97. The number of hydrogen-bond donors (Lipinski definition) is 2. The summed E-state index contributed by atoms with van der Waals surface area (Å²) in [6, 6.07) is 12.1. The van der Waals surface area contributed by atoms with Crippen LogP contribution in [-0.2, 0) is 4.79 Å². The molecular weight excluding hydrogens is 414 g/mol. The van der Waals surface area contributed by atoms with Crippen LogP contribution in [0.3, 0.4) is 0 Å². The van der Waals surface area contributed by atoms with Crippen molar-refractivity contribution in [2.75, 3.05) is 18.4 Å². The SMILES string of the molecule is N#Cc1cc(Oc2cncc(-c3ccc(F)c(F)c3)c2)ccc1NC(=O)C1CCNCC1. The highest BCUT2D eigenvalue weighted by Gasteiger charge is 2.21. The molecule has 3 aromatic rings. The van der Waals surface area contributed by atoms with Gasteiger partial charge in [0.25, 0.3) is 0 Å². The number of carbonyl (C=O) groups excluding carboxylic acids is 1. The van der Waals surface area contributed by atoms with Gasteiger partial charge in [0.2, 0.25) is 5.91 Å². The van der Waals surface area contributed by atoms with E-state index in [4.69, 9.17) is 4.74 Å². The fourth-order valence-electron chi connectivity index (χ4n) is 3.55. The average molecular weight is 434 g/mol. The zero-order valence-corrected chi connectivity index (χ0v) is 17.1. The minimum Gasteiger partial charge on any atom is -0.456 e. The number of halogens is 2. The molecule has 1 amide bonds. The summed E-state index contributed by atoms with van der Waals surface area (Å²) in [5.74, 6) is -1.31. The maximum Gasteiger partial charge on any atom is 0.227 e. The first-order valence-corrected chi connectivity index (χ1v) is 10.2. The van der Waals surface area contributed by atoms with Gasteiger partial charge in [-0.05, 0) is 61.8 Å². The van der Waals surface area contributed by atoms with Crippen molar-refractivity contribution in [3.8, 4) is 28.7 Å². The van der Waals surface area contributed by atoms with Crippen molar-refractivity contribution in [1.82, 2.24) is 10.3 Å². The van der Waals surface area contributed by atoms with Crippen LogP contribution in [0.5, 0.6) is 11.5 Å². The number of carbonyl (C=O) groups is 1. The first-order valence-electron chi connectivity index (χ1n) is 10.2. The standard InChI is InChI=1S/C24H20F2N4O2/c25-21-3-1-16(11-22(21)26)18-10-20(14-29-13-18)32-19-2-4-23(17(9-19)12-27)30-24(31)15-5-7-28-8-6-15/h1-4,9-11,13-15,28H,5-8H2,(H,30,31). The molecule has 1 aliphatic rings. The number of aromatic nitrogens is 1. The summed E-state index contributed by atoms with van der Waals surface area (Å²) in [4.78, 5) is 16.6. The average Bonchev–Trinajstić information content (AvgIpc) is 2.82. The van der Waals surface area contributed by atoms with Crippen LogP contribution in [0.1, 0.15) is 18.4 Å². The van der Waals surface area contributed by atoms with Crippen LogP contribution in [-0.4, -0.2) is 24.0 Å². The molecule has 0 aliphatic carbocycles. The minimum absolute atomic E-state index is 0.0798. The Bertz CT molecular complexity index is 1190. The number of rotatable bonds is 5. The molecule has 162 valence electrons. The third-order valence-electron chi connectivity index (χ3n) is 5.28. The lowest BCUT2D eigenvalue weighted by molar-refractivity contribution is -0.120. The summed E-state index contributed by atoms with van der Waals surface area (Å²) < 4.78 is 32.6. The van der Waals surface area contributed by atoms with Crippen molar-refractivity contribution in [3.05, 3.63) is 72.1 Å². The monoisotopic (exact) mass is 434 g/mol. The molecular formula is C24H20F2N4O2. The number of benzene rings is 2. The Balaban J connectivity index is 1.50. The second-order valence-electron chi connectivity index (χ2n) is 7.47. The van der Waals surface area contributed by atoms with Crippen LogP contribution in [0.25, 0.3) is 11.1 Å². The minimum atomic E-state index is -0.949. The maximum absolute atomic E-state index is 13.6. The number of pyridine rings is 1. The number of nitrogens with one attached hydrogen (secondary N) is 2. The molecule has 0 spiro atoms. The van der Waals surface area contributed by atoms with Crippen LogP contribution >= 0.6 is 0 Å². The topological polar surface area (TPSA) is 87.0 Å². The Labute approximate surface area is 183 Å². The molecule has 0 unspecified atom stereocenters. The molecule has 1 fully saturated rings. The Morgan fingerprint density at radius 2 is 1.84 bits per heavy atom. The van der Waals surface area contributed by atoms with E-state index in [1.807, 2.05) is 0 Å². The first-order chi connectivity index (χ1) is 15.5. The molecule has 2 heterocycles. The molecule has 2 N–H and O–H groups in total. The molecule has 6 nitrogen and oxygen atoms in total. The summed E-state index contributed by atoms with van der Waals surface area (Å²) in [5, 5.41) is 15.6. The van der Waals surface area contributed by atoms with E-state index in [9.17, 15) is 18.8 Å². The van der Waals surface area contributed by atoms with Crippen LogP contribution in [0.4, 0.5) is 14.5 Å². The van der Waals surface area contributed by atoms with Crippen molar-refractivity contribution in [2.45, 2.75) is 12.8 Å². The van der Waals surface area contributed by atoms with Gasteiger partial charge in [-0.25, -0.2) is 8.78 Å². The predicted octanol–water partition coefficient (Wildman–Crippen LogP) is 4.63. The number of nitrogens with zero attached hydrogens (tertiary/aromatic N) is 2. The number of nitriles is 1. The zero-order chi connectivity index (χ0) is 22.5. The molecule has 2 aromatic carbocycles. The van der Waals surface area contributed by atoms with E-state index in [0.29, 0.717) is 28.3 Å². The predicted molar refractivity (Wildman–Crippen MR) is 115 cm³/mol. The molecule has 0 saturated carbocycles. The zero-order valence-electron chi connectivity index (χ0n) is 17.1. The summed E-state index contributed by atoms with van der Waals surface area (Å²) in [6.45, 7) is 1.60. The van der Waals surface area contributed by atoms with Gasteiger partial charge in [-0.1, -0.05) is 6.07 Å². The maximum atomic E-state index is 13.6. The molecule has 1 saturated heterocycles. The molecule has 8 heteroatoms. The van der Waals surface area contributed by atoms with E-state index in [1.54, 1.807) is 18.2 Å². The van der Waals surface area contributed by atoms with Gasteiger partial charge in [0.1, 0.15) is 17.6 Å². The second kappa shape index (κ2) is 9.54. The third-order valence-corrected chi connectivity index (χ3v) is 5.28. The van der Waals surface area contributed by atoms with Crippen molar-refractivity contribution < 1.29 is 18.3 Å². The highest BCUT2D eigenvalue weighted by molar-refractivity contribution is 5.94. The van der Waals surface area contributed by atoms with Gasteiger partial charge in [0.05, 0.1) is 17.4 Å². The first kappa shape index (κ1) is 21.4. The van der Waals surface area contributed by atoms with Gasteiger partial charge in [-0.3, -0.25) is 9.78 Å². The molecule has 0 bridgehead atoms. The number of anilines is 1. The van der Waals surface area contributed by atoms with Gasteiger partial charge in [-0.2, -0.15) is 5.26 Å². The van der Waals surface area contributed by atoms with Gasteiger partial charge in [-0.15, -0.1) is 0 Å². The quantitative estimate of drug-likeness (QED) is 0.612. The van der Waals surface area contributed by atoms with Gasteiger partial charge < -0.3 is 15.4 Å². The normalized spacial score (nSPS) is 13.9. The van der Waals surface area contributed by atoms with Crippen molar-refractivity contribution in [1.29, 1.82) is 5.26 Å². The molecule has 0 radical (unpaired) electrons. The molecule has 32 heavy (non-hydrogen) atoms. The molecule has 1 aliphatic heterocycles. The highest BCUT2D eigenvalue weighted by Crippen LogP contribution is 2.29. The molecule has 4 rings (SSSR count). The van der Waals surface area contributed by atoms with E-state index < -0.39 is 11.6 Å². The van der Waals surface area contributed by atoms with Crippen LogP contribution in [0.2, 0.25) is 0 Å². The van der Waals surface area contributed by atoms with E-state index >= 15 is 0 Å². The van der Waals surface area contributed by atoms with Crippen molar-refractivity contribution in [2.24, 2.45) is 5.92 Å². The Morgan fingerprint density at radius 3 is 2.59 bits per heavy atom. The number of hydrogen-bond acceptors (Lipinski definition) is 5. The fourth-order valence-corrected chi connectivity index (χ4v) is 3.55. The van der Waals surface area contributed by atoms with E-state index in [2.05, 4.69) is 21.7 Å². The van der Waals surface area contributed by atoms with Crippen LogP contribution in [0.15, 0.2) is 54.9 Å². The number of amides is 1. The largest absolute Gasteiger partial charge is 0.456 e. The van der Waals surface area contributed by atoms with E-state index in [0.717, 1.165) is 38.1 Å². The number of ether oxygens (including phenoxy) is 1. The van der Waals surface area contributed by atoms with Crippen molar-refractivity contribution in [3.63, 3.8) is 0 Å². The Morgan fingerprint density at radius 1 is 1.03 bits per heavy atom. The lowest BCUT2D eigenvalue weighted by Gasteiger charge is -2.22. The molecule has 0 atom stereocenters. The smallest absolute Gasteiger partial charge is 0.227 e. The van der Waals surface area contributed by atoms with E-state index in [1.165, 1.54) is 24.5 Å². The summed E-state index contributed by atoms with van der Waals surface area (Å²) in [6.07, 6.45) is 4.51. The lowest BCUT2D eigenvalue weighted by Crippen LogP contribution is -2.34. The summed E-state index contributed by atoms with van der Waals surface area (Å²) in [7, 11) is 0. The number of piperidine rings is 1. The Kier molecular flexibility index (Phi) is 6.38. The fraction of sp³-hybridized carbons (Fsp3) is 0.208. The van der Waals surface area contributed by atoms with Crippen molar-refractivity contribution >= 4 is 11.6 Å². The van der Waals surface area contributed by atoms with Gasteiger partial charge in [0.15, 0.2) is 11.6 Å². The summed E-state index contributed by atoms with van der Waals surface area (Å²) >= 11 is 0. The Hall–Kier alpha value is -3.83.